The van der Waals surface area contributed by atoms with Gasteiger partial charge in [0.15, 0.2) is 0 Å². The highest BCUT2D eigenvalue weighted by atomic mass is 16.6. The Balaban J connectivity index is 1.78. The third-order valence-electron chi connectivity index (χ3n) is 3.91. The van der Waals surface area contributed by atoms with Crippen molar-refractivity contribution in [1.82, 2.24) is 0 Å². The second-order valence-electron chi connectivity index (χ2n) is 5.36. The third kappa shape index (κ3) is 2.68. The summed E-state index contributed by atoms with van der Waals surface area (Å²) in [5, 5.41) is 12.0. The maximum Gasteiger partial charge on any atom is 0.338 e. The van der Waals surface area contributed by atoms with Gasteiger partial charge in [0.1, 0.15) is 6.10 Å². The fourth-order valence-electron chi connectivity index (χ4n) is 2.74. The Morgan fingerprint density at radius 2 is 1.80 bits per heavy atom. The lowest BCUT2D eigenvalue weighted by atomic mass is 9.95. The van der Waals surface area contributed by atoms with Gasteiger partial charge in [-0.1, -0.05) is 36.8 Å². The molecule has 0 aromatic heterocycles. The minimum absolute atomic E-state index is 0.346. The maximum atomic E-state index is 12.2. The van der Waals surface area contributed by atoms with E-state index in [4.69, 9.17) is 4.74 Å². The summed E-state index contributed by atoms with van der Waals surface area (Å²) in [4.78, 5) is 12.2. The molecule has 0 saturated heterocycles. The van der Waals surface area contributed by atoms with E-state index >= 15 is 0 Å². The first kappa shape index (κ1) is 13.1. The van der Waals surface area contributed by atoms with Gasteiger partial charge in [-0.25, -0.2) is 4.79 Å². The van der Waals surface area contributed by atoms with Crippen LogP contribution in [0, 0.1) is 0 Å². The molecule has 0 aliphatic heterocycles. The fourth-order valence-corrected chi connectivity index (χ4v) is 2.74. The molecule has 0 spiro atoms. The smallest absolute Gasteiger partial charge is 0.338 e. The molecule has 3 rings (SSSR count). The summed E-state index contributed by atoms with van der Waals surface area (Å²) in [6, 6.07) is 13.4. The van der Waals surface area contributed by atoms with Crippen LogP contribution in [-0.2, 0) is 4.74 Å². The Morgan fingerprint density at radius 1 is 1.05 bits per heavy atom. The van der Waals surface area contributed by atoms with Crippen molar-refractivity contribution in [1.29, 1.82) is 0 Å². The molecular weight excluding hydrogens is 252 g/mol. The molecule has 1 aliphatic carbocycles. The zero-order valence-corrected chi connectivity index (χ0v) is 11.3. The maximum absolute atomic E-state index is 12.2. The predicted octanol–water partition coefficient (Wildman–Crippen LogP) is 3.30. The van der Waals surface area contributed by atoms with Crippen LogP contribution in [0.15, 0.2) is 42.5 Å². The molecule has 1 aliphatic rings. The standard InChI is InChI=1S/C17H18O3/c18-15-7-3-4-8-16(15)20-17(19)14-10-9-12-5-1-2-6-13(12)11-14/h1-2,5-6,9-11,15-16,18H,3-4,7-8H2/t15-,16-/m1/s1. The van der Waals surface area contributed by atoms with Gasteiger partial charge >= 0.3 is 5.97 Å². The van der Waals surface area contributed by atoms with E-state index in [-0.39, 0.29) is 12.1 Å². The number of rotatable bonds is 2. The first-order chi connectivity index (χ1) is 9.74. The topological polar surface area (TPSA) is 46.5 Å². The van der Waals surface area contributed by atoms with Crippen molar-refractivity contribution in [3.8, 4) is 0 Å². The van der Waals surface area contributed by atoms with Gasteiger partial charge in [-0.3, -0.25) is 0 Å². The van der Waals surface area contributed by atoms with Gasteiger partial charge < -0.3 is 9.84 Å². The second-order valence-corrected chi connectivity index (χ2v) is 5.36. The Bertz CT molecular complexity index is 620. The molecule has 3 heteroatoms. The van der Waals surface area contributed by atoms with Crippen molar-refractivity contribution in [2.45, 2.75) is 37.9 Å². The number of carbonyl (C=O) groups is 1. The summed E-state index contributed by atoms with van der Waals surface area (Å²) in [6.45, 7) is 0. The van der Waals surface area contributed by atoms with E-state index in [9.17, 15) is 9.90 Å². The average Bonchev–Trinajstić information content (AvgIpc) is 2.49. The van der Waals surface area contributed by atoms with E-state index in [2.05, 4.69) is 0 Å². The molecule has 104 valence electrons. The average molecular weight is 270 g/mol. The lowest BCUT2D eigenvalue weighted by Crippen LogP contribution is -2.34. The van der Waals surface area contributed by atoms with Crippen LogP contribution in [0.4, 0.5) is 0 Å². The van der Waals surface area contributed by atoms with Gasteiger partial charge in [0.05, 0.1) is 11.7 Å². The van der Waals surface area contributed by atoms with Gasteiger partial charge in [0.2, 0.25) is 0 Å². The van der Waals surface area contributed by atoms with Crippen LogP contribution in [-0.4, -0.2) is 23.3 Å². The number of aliphatic hydroxyl groups is 1. The van der Waals surface area contributed by atoms with E-state index in [0.717, 1.165) is 36.5 Å². The van der Waals surface area contributed by atoms with E-state index < -0.39 is 6.10 Å². The van der Waals surface area contributed by atoms with Crippen LogP contribution < -0.4 is 0 Å². The number of carbonyl (C=O) groups excluding carboxylic acids is 1. The van der Waals surface area contributed by atoms with E-state index in [1.807, 2.05) is 36.4 Å². The molecule has 0 amide bonds. The second kappa shape index (κ2) is 5.63. The quantitative estimate of drug-likeness (QED) is 0.852. The third-order valence-corrected chi connectivity index (χ3v) is 3.91. The van der Waals surface area contributed by atoms with Crippen molar-refractivity contribution in [3.05, 3.63) is 48.0 Å². The minimum atomic E-state index is -0.520. The molecule has 1 saturated carbocycles. The van der Waals surface area contributed by atoms with Crippen LogP contribution >= 0.6 is 0 Å². The Hall–Kier alpha value is -1.87. The Labute approximate surface area is 118 Å². The highest BCUT2D eigenvalue weighted by molar-refractivity contribution is 5.95. The Kier molecular flexibility index (Phi) is 3.70. The van der Waals surface area contributed by atoms with E-state index in [1.54, 1.807) is 6.07 Å². The minimum Gasteiger partial charge on any atom is -0.456 e. The predicted molar refractivity (Wildman–Crippen MR) is 77.6 cm³/mol. The summed E-state index contributed by atoms with van der Waals surface area (Å²) in [6.07, 6.45) is 2.60. The molecule has 0 heterocycles. The van der Waals surface area contributed by atoms with Crippen LogP contribution in [0.2, 0.25) is 0 Å². The van der Waals surface area contributed by atoms with E-state index in [1.165, 1.54) is 0 Å². The number of aliphatic hydroxyl groups excluding tert-OH is 1. The molecule has 1 fully saturated rings. The summed E-state index contributed by atoms with van der Waals surface area (Å²) in [7, 11) is 0. The Morgan fingerprint density at radius 3 is 2.60 bits per heavy atom. The van der Waals surface area contributed by atoms with Gasteiger partial charge in [-0.2, -0.15) is 0 Å². The molecule has 0 bridgehead atoms. The first-order valence-corrected chi connectivity index (χ1v) is 7.12. The summed E-state index contributed by atoms with van der Waals surface area (Å²) in [5.74, 6) is -0.346. The van der Waals surface area contributed by atoms with Crippen molar-refractivity contribution in [2.75, 3.05) is 0 Å². The van der Waals surface area contributed by atoms with Crippen LogP contribution in [0.5, 0.6) is 0 Å². The summed E-state index contributed by atoms with van der Waals surface area (Å²) >= 11 is 0. The largest absolute Gasteiger partial charge is 0.456 e. The summed E-state index contributed by atoms with van der Waals surface area (Å²) in [5.41, 5.74) is 0.543. The highest BCUT2D eigenvalue weighted by Gasteiger charge is 2.26. The molecule has 2 atom stereocenters. The SMILES string of the molecule is O=C(O[C@@H]1CCCC[C@H]1O)c1ccc2ccccc2c1. The summed E-state index contributed by atoms with van der Waals surface area (Å²) < 4.78 is 5.45. The molecule has 3 nitrogen and oxygen atoms in total. The molecule has 0 radical (unpaired) electrons. The van der Waals surface area contributed by atoms with E-state index in [0.29, 0.717) is 5.56 Å². The van der Waals surface area contributed by atoms with Gasteiger partial charge in [0.25, 0.3) is 0 Å². The monoisotopic (exact) mass is 270 g/mol. The van der Waals surface area contributed by atoms with Crippen LogP contribution in [0.3, 0.4) is 0 Å². The van der Waals surface area contributed by atoms with Crippen molar-refractivity contribution >= 4 is 16.7 Å². The molecule has 2 aromatic rings. The first-order valence-electron chi connectivity index (χ1n) is 7.12. The number of fused-ring (bicyclic) bond motifs is 1. The zero-order chi connectivity index (χ0) is 13.9. The fraction of sp³-hybridized carbons (Fsp3) is 0.353. The molecule has 20 heavy (non-hydrogen) atoms. The van der Waals surface area contributed by atoms with Gasteiger partial charge in [-0.15, -0.1) is 0 Å². The molecule has 2 aromatic carbocycles. The number of hydrogen-bond acceptors (Lipinski definition) is 3. The molecule has 1 N–H and O–H groups in total. The van der Waals surface area contributed by atoms with Crippen LogP contribution in [0.1, 0.15) is 36.0 Å². The number of esters is 1. The van der Waals surface area contributed by atoms with Crippen LogP contribution in [0.25, 0.3) is 10.8 Å². The zero-order valence-electron chi connectivity index (χ0n) is 11.3. The lowest BCUT2D eigenvalue weighted by Gasteiger charge is -2.27. The lowest BCUT2D eigenvalue weighted by molar-refractivity contribution is -0.0360. The molecular formula is C17H18O3. The van der Waals surface area contributed by atoms with Crippen molar-refractivity contribution < 1.29 is 14.6 Å². The van der Waals surface area contributed by atoms with Crippen molar-refractivity contribution in [3.63, 3.8) is 0 Å². The van der Waals surface area contributed by atoms with Crippen molar-refractivity contribution in [2.24, 2.45) is 0 Å². The highest BCUT2D eigenvalue weighted by Crippen LogP contribution is 2.23. The number of benzene rings is 2. The molecule has 0 unspecified atom stereocenters. The number of ether oxygens (including phenoxy) is 1. The van der Waals surface area contributed by atoms with Gasteiger partial charge in [-0.05, 0) is 42.2 Å². The normalized spacial score (nSPS) is 22.6. The van der Waals surface area contributed by atoms with Gasteiger partial charge in [0, 0.05) is 0 Å². The number of hydrogen-bond donors (Lipinski definition) is 1.